The van der Waals surface area contributed by atoms with E-state index in [4.69, 9.17) is 23.7 Å². The molecule has 0 bridgehead atoms. The van der Waals surface area contributed by atoms with Gasteiger partial charge in [-0.25, -0.2) is 0 Å². The average molecular weight is 594 g/mol. The highest BCUT2D eigenvalue weighted by molar-refractivity contribution is 6.49. The topological polar surface area (TPSA) is 101 Å². The number of nitrogens with zero attached hydrogens (tertiary/aromatic N) is 1. The fourth-order valence-corrected chi connectivity index (χ4v) is 4.95. The first-order valence-electron chi connectivity index (χ1n) is 13.7. The van der Waals surface area contributed by atoms with Crippen LogP contribution in [0.5, 0.6) is 28.7 Å². The van der Waals surface area contributed by atoms with Gasteiger partial charge in [0.25, 0.3) is 11.8 Å². The van der Waals surface area contributed by atoms with E-state index >= 15 is 0 Å². The molecule has 0 radical (unpaired) electrons. The lowest BCUT2D eigenvalue weighted by Crippen LogP contribution is -2.36. The summed E-state index contributed by atoms with van der Waals surface area (Å²) in [6.45, 7) is -0.0656. The first kappa shape index (κ1) is 29.9. The third kappa shape index (κ3) is 5.98. The van der Waals surface area contributed by atoms with Crippen molar-refractivity contribution in [1.82, 2.24) is 4.90 Å². The summed E-state index contributed by atoms with van der Waals surface area (Å²) in [4.78, 5) is 42.2. The molecule has 0 atom stereocenters. The summed E-state index contributed by atoms with van der Waals surface area (Å²) in [6.07, 6.45) is 0. The summed E-state index contributed by atoms with van der Waals surface area (Å²) in [5.41, 5.74) is 2.47. The van der Waals surface area contributed by atoms with Crippen LogP contribution in [0.4, 0.5) is 0 Å². The Balaban J connectivity index is 1.44. The number of hydrogen-bond donors (Lipinski definition) is 0. The van der Waals surface area contributed by atoms with Crippen molar-refractivity contribution < 1.29 is 38.1 Å². The molecule has 2 amide bonds. The molecule has 0 saturated carbocycles. The Kier molecular flexibility index (Phi) is 8.95. The number of amides is 2. The van der Waals surface area contributed by atoms with Crippen LogP contribution in [-0.4, -0.2) is 57.5 Å². The number of hydrogen-bond acceptors (Lipinski definition) is 8. The predicted octanol–water partition coefficient (Wildman–Crippen LogP) is 5.46. The molecular formula is C35H31NO8. The Hall–Kier alpha value is -5.57. The minimum Gasteiger partial charge on any atom is -0.493 e. The number of benzene rings is 4. The van der Waals surface area contributed by atoms with Gasteiger partial charge in [0, 0.05) is 5.56 Å². The fraction of sp³-hybridized carbons (Fsp3) is 0.171. The summed E-state index contributed by atoms with van der Waals surface area (Å²) in [7, 11) is 5.97. The molecule has 4 aromatic rings. The van der Waals surface area contributed by atoms with Gasteiger partial charge in [-0.3, -0.25) is 19.3 Å². The van der Waals surface area contributed by atoms with E-state index in [1.165, 1.54) is 28.4 Å². The number of rotatable bonds is 12. The highest BCUT2D eigenvalue weighted by Gasteiger charge is 2.41. The smallest absolute Gasteiger partial charge is 0.262 e. The average Bonchev–Trinajstić information content (AvgIpc) is 3.32. The molecule has 0 unspecified atom stereocenters. The van der Waals surface area contributed by atoms with Crippen LogP contribution in [0, 0.1) is 0 Å². The van der Waals surface area contributed by atoms with Gasteiger partial charge in [-0.1, -0.05) is 42.5 Å². The van der Waals surface area contributed by atoms with Crippen molar-refractivity contribution in [2.75, 3.05) is 35.0 Å². The van der Waals surface area contributed by atoms with E-state index in [1.807, 2.05) is 30.3 Å². The molecule has 224 valence electrons. The van der Waals surface area contributed by atoms with Crippen molar-refractivity contribution in [3.63, 3.8) is 0 Å². The molecule has 1 aliphatic heterocycles. The number of ether oxygens (including phenoxy) is 5. The molecule has 4 aromatic carbocycles. The molecule has 9 heteroatoms. The summed E-state index contributed by atoms with van der Waals surface area (Å²) >= 11 is 0. The highest BCUT2D eigenvalue weighted by Crippen LogP contribution is 2.41. The van der Waals surface area contributed by atoms with Gasteiger partial charge in [-0.15, -0.1) is 0 Å². The number of carbonyl (C=O) groups excluding carboxylic acids is 3. The minimum absolute atomic E-state index is 0.126. The summed E-state index contributed by atoms with van der Waals surface area (Å²) in [6, 6.07) is 26.2. The zero-order chi connectivity index (χ0) is 31.2. The lowest BCUT2D eigenvalue weighted by Gasteiger charge is -2.15. The van der Waals surface area contributed by atoms with E-state index in [2.05, 4.69) is 0 Å². The third-order valence-electron chi connectivity index (χ3n) is 7.24. The van der Waals surface area contributed by atoms with E-state index < -0.39 is 24.1 Å². The Morgan fingerprint density at radius 1 is 0.614 bits per heavy atom. The predicted molar refractivity (Wildman–Crippen MR) is 164 cm³/mol. The van der Waals surface area contributed by atoms with Crippen molar-refractivity contribution in [1.29, 1.82) is 0 Å². The van der Waals surface area contributed by atoms with Crippen molar-refractivity contribution >= 4 is 28.7 Å². The summed E-state index contributed by atoms with van der Waals surface area (Å²) < 4.78 is 27.4. The standard InChI is InChI=1S/C35H31NO8/c1-40-28-16-12-24(18-30(28)42-3)32-33(25-13-17-29(41-2)31(19-25)43-4)35(39)36(34(32)38)20-27(37)23-10-14-26(15-11-23)44-21-22-8-6-5-7-9-22/h5-19H,20-21H2,1-4H3. The fourth-order valence-electron chi connectivity index (χ4n) is 4.95. The Bertz CT molecular complexity index is 1650. The van der Waals surface area contributed by atoms with Crippen LogP contribution in [0.3, 0.4) is 0 Å². The Morgan fingerprint density at radius 3 is 1.59 bits per heavy atom. The normalized spacial score (nSPS) is 12.8. The molecule has 0 fully saturated rings. The SMILES string of the molecule is COc1ccc(C2=C(c3ccc(OC)c(OC)c3)C(=O)N(CC(=O)c3ccc(OCc4ccccc4)cc3)C2=O)cc1OC. The van der Waals surface area contributed by atoms with E-state index in [9.17, 15) is 14.4 Å². The number of ketones is 1. The second kappa shape index (κ2) is 13.2. The first-order valence-corrected chi connectivity index (χ1v) is 13.7. The molecule has 0 spiro atoms. The van der Waals surface area contributed by atoms with Crippen LogP contribution >= 0.6 is 0 Å². The van der Waals surface area contributed by atoms with Gasteiger partial charge in [0.2, 0.25) is 0 Å². The van der Waals surface area contributed by atoms with Crippen molar-refractivity contribution in [2.45, 2.75) is 6.61 Å². The molecule has 0 saturated heterocycles. The summed E-state index contributed by atoms with van der Waals surface area (Å²) in [5, 5.41) is 0. The largest absolute Gasteiger partial charge is 0.493 e. The maximum absolute atomic E-state index is 13.9. The number of Topliss-reactive ketones (excluding diaryl/α,β-unsaturated/α-hetero) is 1. The Morgan fingerprint density at radius 2 is 1.11 bits per heavy atom. The maximum atomic E-state index is 13.9. The number of carbonyl (C=O) groups is 3. The Labute approximate surface area is 255 Å². The quantitative estimate of drug-likeness (QED) is 0.158. The lowest BCUT2D eigenvalue weighted by atomic mass is 9.95. The minimum atomic E-state index is -0.608. The van der Waals surface area contributed by atoms with Gasteiger partial charge in [-0.05, 0) is 65.2 Å². The molecule has 0 aromatic heterocycles. The van der Waals surface area contributed by atoms with Crippen molar-refractivity contribution in [3.8, 4) is 28.7 Å². The molecule has 9 nitrogen and oxygen atoms in total. The van der Waals surface area contributed by atoms with Crippen LogP contribution in [0.1, 0.15) is 27.0 Å². The van der Waals surface area contributed by atoms with Crippen LogP contribution in [0.15, 0.2) is 91.0 Å². The molecule has 44 heavy (non-hydrogen) atoms. The maximum Gasteiger partial charge on any atom is 0.262 e. The molecule has 1 heterocycles. The zero-order valence-corrected chi connectivity index (χ0v) is 24.8. The highest BCUT2D eigenvalue weighted by atomic mass is 16.5. The van der Waals surface area contributed by atoms with Crippen molar-refractivity contribution in [2.24, 2.45) is 0 Å². The molecule has 1 aliphatic rings. The van der Waals surface area contributed by atoms with Crippen LogP contribution in [0.25, 0.3) is 11.1 Å². The van der Waals surface area contributed by atoms with Gasteiger partial charge < -0.3 is 23.7 Å². The van der Waals surface area contributed by atoms with Gasteiger partial charge in [-0.2, -0.15) is 0 Å². The van der Waals surface area contributed by atoms with Crippen LogP contribution in [-0.2, 0) is 16.2 Å². The van der Waals surface area contributed by atoms with Crippen LogP contribution in [0.2, 0.25) is 0 Å². The number of imide groups is 1. The van der Waals surface area contributed by atoms with Gasteiger partial charge in [0.1, 0.15) is 12.4 Å². The molecule has 0 aliphatic carbocycles. The van der Waals surface area contributed by atoms with Crippen molar-refractivity contribution in [3.05, 3.63) is 113 Å². The van der Waals surface area contributed by atoms with Gasteiger partial charge >= 0.3 is 0 Å². The second-order valence-corrected chi connectivity index (χ2v) is 9.81. The van der Waals surface area contributed by atoms with Crippen LogP contribution < -0.4 is 23.7 Å². The zero-order valence-electron chi connectivity index (χ0n) is 24.8. The van der Waals surface area contributed by atoms with E-state index in [1.54, 1.807) is 60.7 Å². The lowest BCUT2D eigenvalue weighted by molar-refractivity contribution is -0.135. The molecule has 5 rings (SSSR count). The number of methoxy groups -OCH3 is 4. The third-order valence-corrected chi connectivity index (χ3v) is 7.24. The monoisotopic (exact) mass is 593 g/mol. The summed E-state index contributed by atoms with van der Waals surface area (Å²) in [5.74, 6) is 0.663. The van der Waals surface area contributed by atoms with E-state index in [0.29, 0.717) is 52.0 Å². The second-order valence-electron chi connectivity index (χ2n) is 9.81. The van der Waals surface area contributed by atoms with E-state index in [-0.39, 0.29) is 11.1 Å². The van der Waals surface area contributed by atoms with Gasteiger partial charge in [0.05, 0.1) is 46.1 Å². The van der Waals surface area contributed by atoms with E-state index in [0.717, 1.165) is 10.5 Å². The van der Waals surface area contributed by atoms with Gasteiger partial charge in [0.15, 0.2) is 28.8 Å². The first-order chi connectivity index (χ1) is 21.4. The molecule has 0 N–H and O–H groups in total. The molecular weight excluding hydrogens is 562 g/mol.